The van der Waals surface area contributed by atoms with Crippen molar-refractivity contribution in [2.24, 2.45) is 0 Å². The van der Waals surface area contributed by atoms with E-state index >= 15 is 0 Å². The molecule has 13 heavy (non-hydrogen) atoms. The normalized spacial score (nSPS) is 17.9. The minimum Gasteiger partial charge on any atom is -0.350 e. The van der Waals surface area contributed by atoms with Crippen molar-refractivity contribution in [3.8, 4) is 0 Å². The van der Waals surface area contributed by atoms with Crippen LogP contribution in [-0.2, 0) is 15.9 Å². The van der Waals surface area contributed by atoms with Crippen molar-refractivity contribution in [2.45, 2.75) is 12.7 Å². The Morgan fingerprint density at radius 1 is 1.15 bits per heavy atom. The van der Waals surface area contributed by atoms with Gasteiger partial charge in [0, 0.05) is 6.42 Å². The molecule has 70 valence electrons. The fourth-order valence-electron chi connectivity index (χ4n) is 1.34. The Labute approximate surface area is 76.3 Å². The van der Waals surface area contributed by atoms with Crippen molar-refractivity contribution >= 4 is 0 Å². The highest BCUT2D eigenvalue weighted by molar-refractivity contribution is 5.16. The maximum Gasteiger partial charge on any atom is 0.161 e. The van der Waals surface area contributed by atoms with Crippen LogP contribution in [0.25, 0.3) is 0 Å². The molecule has 1 aliphatic heterocycles. The van der Waals surface area contributed by atoms with E-state index in [0.29, 0.717) is 19.6 Å². The second kappa shape index (κ2) is 3.85. The van der Waals surface area contributed by atoms with Crippen LogP contribution in [0.3, 0.4) is 0 Å². The van der Waals surface area contributed by atoms with Gasteiger partial charge < -0.3 is 9.47 Å². The molecule has 1 heterocycles. The van der Waals surface area contributed by atoms with Crippen molar-refractivity contribution in [3.63, 3.8) is 0 Å². The van der Waals surface area contributed by atoms with Crippen molar-refractivity contribution in [2.75, 3.05) is 13.2 Å². The van der Waals surface area contributed by atoms with E-state index in [-0.39, 0.29) is 12.1 Å². The minimum absolute atomic E-state index is 0.148. The van der Waals surface area contributed by atoms with Crippen molar-refractivity contribution in [3.05, 3.63) is 35.6 Å². The molecule has 0 bridgehead atoms. The predicted octanol–water partition coefficient (Wildman–Crippen LogP) is 1.74. The fourth-order valence-corrected chi connectivity index (χ4v) is 1.34. The van der Waals surface area contributed by atoms with Crippen LogP contribution in [0, 0.1) is 5.82 Å². The molecule has 0 saturated carbocycles. The first-order chi connectivity index (χ1) is 6.34. The predicted molar refractivity (Wildman–Crippen MR) is 45.8 cm³/mol. The SMILES string of the molecule is Fc1ccc(CC2OCCO2)cc1. The lowest BCUT2D eigenvalue weighted by Gasteiger charge is -2.08. The van der Waals surface area contributed by atoms with Crippen molar-refractivity contribution < 1.29 is 13.9 Å². The average Bonchev–Trinajstić information content (AvgIpc) is 2.62. The molecule has 0 aliphatic carbocycles. The molecule has 1 saturated heterocycles. The Kier molecular flexibility index (Phi) is 2.57. The summed E-state index contributed by atoms with van der Waals surface area (Å²) in [7, 11) is 0. The molecule has 2 rings (SSSR count). The lowest BCUT2D eigenvalue weighted by atomic mass is 10.1. The molecule has 3 heteroatoms. The lowest BCUT2D eigenvalue weighted by molar-refractivity contribution is -0.0400. The van der Waals surface area contributed by atoms with Gasteiger partial charge >= 0.3 is 0 Å². The third kappa shape index (κ3) is 2.26. The largest absolute Gasteiger partial charge is 0.350 e. The van der Waals surface area contributed by atoms with Crippen molar-refractivity contribution in [1.82, 2.24) is 0 Å². The summed E-state index contributed by atoms with van der Waals surface area (Å²) in [5.74, 6) is -0.211. The second-order valence-electron chi connectivity index (χ2n) is 3.00. The first kappa shape index (κ1) is 8.66. The Morgan fingerprint density at radius 2 is 1.77 bits per heavy atom. The zero-order valence-electron chi connectivity index (χ0n) is 7.20. The summed E-state index contributed by atoms with van der Waals surface area (Å²) in [5.41, 5.74) is 1.04. The molecular weight excluding hydrogens is 171 g/mol. The minimum atomic E-state index is -0.211. The molecule has 1 aromatic carbocycles. The van der Waals surface area contributed by atoms with E-state index in [9.17, 15) is 4.39 Å². The van der Waals surface area contributed by atoms with Gasteiger partial charge in [-0.3, -0.25) is 0 Å². The first-order valence-corrected chi connectivity index (χ1v) is 4.32. The summed E-state index contributed by atoms with van der Waals surface area (Å²) in [4.78, 5) is 0. The maximum atomic E-state index is 12.5. The van der Waals surface area contributed by atoms with E-state index in [0.717, 1.165) is 5.56 Å². The van der Waals surface area contributed by atoms with Crippen LogP contribution in [0.4, 0.5) is 4.39 Å². The number of rotatable bonds is 2. The summed E-state index contributed by atoms with van der Waals surface area (Å²) < 4.78 is 23.1. The molecule has 2 nitrogen and oxygen atoms in total. The number of benzene rings is 1. The maximum absolute atomic E-state index is 12.5. The number of hydrogen-bond acceptors (Lipinski definition) is 2. The molecule has 0 aromatic heterocycles. The van der Waals surface area contributed by atoms with Crippen LogP contribution in [0.15, 0.2) is 24.3 Å². The van der Waals surface area contributed by atoms with Crippen LogP contribution in [0.5, 0.6) is 0 Å². The number of hydrogen-bond donors (Lipinski definition) is 0. The Bertz CT molecular complexity index is 265. The van der Waals surface area contributed by atoms with Gasteiger partial charge in [0.2, 0.25) is 0 Å². The molecule has 1 aromatic rings. The van der Waals surface area contributed by atoms with Gasteiger partial charge in [0.25, 0.3) is 0 Å². The van der Waals surface area contributed by atoms with Crippen LogP contribution >= 0.6 is 0 Å². The third-order valence-corrected chi connectivity index (χ3v) is 2.01. The number of halogens is 1. The molecule has 0 N–H and O–H groups in total. The Morgan fingerprint density at radius 3 is 2.38 bits per heavy atom. The van der Waals surface area contributed by atoms with E-state index in [4.69, 9.17) is 9.47 Å². The van der Waals surface area contributed by atoms with E-state index in [1.165, 1.54) is 12.1 Å². The van der Waals surface area contributed by atoms with Gasteiger partial charge in [-0.05, 0) is 17.7 Å². The van der Waals surface area contributed by atoms with Gasteiger partial charge in [-0.2, -0.15) is 0 Å². The zero-order chi connectivity index (χ0) is 9.10. The third-order valence-electron chi connectivity index (χ3n) is 2.01. The molecule has 0 unspecified atom stereocenters. The van der Waals surface area contributed by atoms with Gasteiger partial charge in [-0.25, -0.2) is 4.39 Å². The highest BCUT2D eigenvalue weighted by Crippen LogP contribution is 2.11. The first-order valence-electron chi connectivity index (χ1n) is 4.32. The lowest BCUT2D eigenvalue weighted by Crippen LogP contribution is -2.10. The average molecular weight is 182 g/mol. The highest BCUT2D eigenvalue weighted by atomic mass is 19.1. The molecule has 0 atom stereocenters. The smallest absolute Gasteiger partial charge is 0.161 e. The monoisotopic (exact) mass is 182 g/mol. The quantitative estimate of drug-likeness (QED) is 0.693. The molecule has 0 amide bonds. The van der Waals surface area contributed by atoms with E-state index in [1.807, 2.05) is 0 Å². The topological polar surface area (TPSA) is 18.5 Å². The zero-order valence-corrected chi connectivity index (χ0v) is 7.20. The summed E-state index contributed by atoms with van der Waals surface area (Å²) in [6.45, 7) is 1.32. The van der Waals surface area contributed by atoms with Crippen LogP contribution in [-0.4, -0.2) is 19.5 Å². The van der Waals surface area contributed by atoms with Gasteiger partial charge in [-0.15, -0.1) is 0 Å². The molecule has 1 fully saturated rings. The highest BCUT2D eigenvalue weighted by Gasteiger charge is 2.15. The van der Waals surface area contributed by atoms with E-state index < -0.39 is 0 Å². The number of ether oxygens (including phenoxy) is 2. The summed E-state index contributed by atoms with van der Waals surface area (Å²) in [5, 5.41) is 0. The van der Waals surface area contributed by atoms with Gasteiger partial charge in [0.15, 0.2) is 6.29 Å². The van der Waals surface area contributed by atoms with Crippen molar-refractivity contribution in [1.29, 1.82) is 0 Å². The van der Waals surface area contributed by atoms with Gasteiger partial charge in [0.05, 0.1) is 13.2 Å². The van der Waals surface area contributed by atoms with Gasteiger partial charge in [-0.1, -0.05) is 12.1 Å². The summed E-state index contributed by atoms with van der Waals surface area (Å²) >= 11 is 0. The molecule has 1 aliphatic rings. The molecular formula is C10H11FO2. The Hall–Kier alpha value is -0.930. The van der Waals surface area contributed by atoms with Crippen LogP contribution < -0.4 is 0 Å². The van der Waals surface area contributed by atoms with Gasteiger partial charge in [0.1, 0.15) is 5.82 Å². The molecule has 0 spiro atoms. The second-order valence-corrected chi connectivity index (χ2v) is 3.00. The standard InChI is InChI=1S/C10H11FO2/c11-9-3-1-8(2-4-9)7-10-12-5-6-13-10/h1-4,10H,5-7H2. The van der Waals surface area contributed by atoms with E-state index in [2.05, 4.69) is 0 Å². The van der Waals surface area contributed by atoms with E-state index in [1.54, 1.807) is 12.1 Å². The van der Waals surface area contributed by atoms with Crippen LogP contribution in [0.1, 0.15) is 5.56 Å². The summed E-state index contributed by atoms with van der Waals surface area (Å²) in [6.07, 6.45) is 0.547. The molecule has 0 radical (unpaired) electrons. The Balaban J connectivity index is 1.97. The fraction of sp³-hybridized carbons (Fsp3) is 0.400. The summed E-state index contributed by atoms with van der Waals surface area (Å²) in [6, 6.07) is 6.40. The van der Waals surface area contributed by atoms with Crippen LogP contribution in [0.2, 0.25) is 0 Å².